The molecule has 0 aliphatic carbocycles. The van der Waals surface area contributed by atoms with Gasteiger partial charge in [-0.2, -0.15) is 23.5 Å². The van der Waals surface area contributed by atoms with Crippen LogP contribution < -0.4 is 11.3 Å². The van der Waals surface area contributed by atoms with Crippen molar-refractivity contribution in [2.75, 3.05) is 5.75 Å². The monoisotopic (exact) mass is 328 g/mol. The molecule has 4 nitrogen and oxygen atoms in total. The summed E-state index contributed by atoms with van der Waals surface area (Å²) >= 11 is 5.79. The Kier molecular flexibility index (Phi) is 4.62. The molecule has 3 rings (SSSR count). The van der Waals surface area contributed by atoms with E-state index in [9.17, 15) is 0 Å². The van der Waals surface area contributed by atoms with Crippen LogP contribution in [-0.4, -0.2) is 36.9 Å². The molecule has 1 aliphatic rings. The first-order chi connectivity index (χ1) is 9.67. The minimum atomic E-state index is 0.284. The van der Waals surface area contributed by atoms with Gasteiger partial charge in [-0.3, -0.25) is 15.7 Å². The van der Waals surface area contributed by atoms with Gasteiger partial charge in [-0.1, -0.05) is 13.8 Å². The average molecular weight is 329 g/mol. The van der Waals surface area contributed by atoms with E-state index in [0.717, 1.165) is 28.1 Å². The van der Waals surface area contributed by atoms with Crippen LogP contribution in [0.3, 0.4) is 0 Å². The van der Waals surface area contributed by atoms with Crippen molar-refractivity contribution in [1.29, 1.82) is 0 Å². The molecule has 2 aromatic heterocycles. The van der Waals surface area contributed by atoms with Gasteiger partial charge in [-0.15, -0.1) is 11.3 Å². The van der Waals surface area contributed by atoms with Gasteiger partial charge in [-0.05, 0) is 0 Å². The second-order valence-corrected chi connectivity index (χ2v) is 9.12. The number of hydrazine groups is 1. The predicted molar refractivity (Wildman–Crippen MR) is 90.6 cm³/mol. The molecule has 0 radical (unpaired) electrons. The van der Waals surface area contributed by atoms with E-state index in [1.165, 1.54) is 0 Å². The molecule has 1 saturated heterocycles. The number of thiazole rings is 1. The summed E-state index contributed by atoms with van der Waals surface area (Å²) < 4.78 is 2.08. The highest BCUT2D eigenvalue weighted by molar-refractivity contribution is 8.07. The summed E-state index contributed by atoms with van der Waals surface area (Å²) in [5, 5.41) is 4.02. The fraction of sp³-hybridized carbons (Fsp3) is 0.615. The molecule has 0 aromatic carbocycles. The van der Waals surface area contributed by atoms with E-state index in [1.807, 2.05) is 0 Å². The number of imidazole rings is 1. The summed E-state index contributed by atoms with van der Waals surface area (Å²) in [4.78, 5) is 5.72. The van der Waals surface area contributed by atoms with Gasteiger partial charge in [0.25, 0.3) is 0 Å². The molecule has 4 atom stereocenters. The molecule has 2 aromatic rings. The Morgan fingerprint density at radius 2 is 2.35 bits per heavy atom. The molecule has 3 heterocycles. The van der Waals surface area contributed by atoms with E-state index in [1.54, 1.807) is 11.3 Å². The molecule has 4 unspecified atom stereocenters. The zero-order valence-electron chi connectivity index (χ0n) is 11.7. The first-order valence-corrected chi connectivity index (χ1v) is 9.68. The van der Waals surface area contributed by atoms with Crippen LogP contribution in [-0.2, 0) is 6.42 Å². The molecule has 110 valence electrons. The number of nitrogens with two attached hydrogens (primary N) is 1. The Balaban J connectivity index is 1.68. The normalized spacial score (nSPS) is 28.9. The first-order valence-electron chi connectivity index (χ1n) is 6.81. The summed E-state index contributed by atoms with van der Waals surface area (Å²) in [6.45, 7) is 4.63. The third-order valence-electron chi connectivity index (χ3n) is 3.81. The topological polar surface area (TPSA) is 55.3 Å². The number of hydrogen-bond donors (Lipinski definition) is 2. The van der Waals surface area contributed by atoms with Crippen molar-refractivity contribution in [3.8, 4) is 0 Å². The van der Waals surface area contributed by atoms with E-state index in [2.05, 4.69) is 70.0 Å². The van der Waals surface area contributed by atoms with Crippen LogP contribution in [0.5, 0.6) is 0 Å². The molecule has 0 saturated carbocycles. The minimum absolute atomic E-state index is 0.284. The Morgan fingerprint density at radius 3 is 3.05 bits per heavy atom. The van der Waals surface area contributed by atoms with Crippen molar-refractivity contribution >= 4 is 39.8 Å². The summed E-state index contributed by atoms with van der Waals surface area (Å²) in [5.74, 6) is 6.96. The molecule has 0 spiro atoms. The minimum Gasteiger partial charge on any atom is -0.297 e. The van der Waals surface area contributed by atoms with Crippen molar-refractivity contribution in [2.24, 2.45) is 5.84 Å². The Bertz CT molecular complexity index is 538. The van der Waals surface area contributed by atoms with E-state index in [0.29, 0.717) is 10.5 Å². The van der Waals surface area contributed by atoms with Gasteiger partial charge in [0.05, 0.1) is 5.69 Å². The maximum Gasteiger partial charge on any atom is 0.193 e. The van der Waals surface area contributed by atoms with Crippen LogP contribution in [0.15, 0.2) is 17.8 Å². The van der Waals surface area contributed by atoms with E-state index in [4.69, 9.17) is 5.84 Å². The van der Waals surface area contributed by atoms with Crippen LogP contribution in [0.4, 0.5) is 0 Å². The van der Waals surface area contributed by atoms with Gasteiger partial charge in [0, 0.05) is 51.7 Å². The first kappa shape index (κ1) is 14.7. The summed E-state index contributed by atoms with van der Waals surface area (Å²) in [5.41, 5.74) is 4.13. The highest BCUT2D eigenvalue weighted by Crippen LogP contribution is 2.37. The maximum atomic E-state index is 5.80. The van der Waals surface area contributed by atoms with Crippen molar-refractivity contribution < 1.29 is 0 Å². The van der Waals surface area contributed by atoms with E-state index in [-0.39, 0.29) is 6.04 Å². The fourth-order valence-electron chi connectivity index (χ4n) is 2.42. The summed E-state index contributed by atoms with van der Waals surface area (Å²) in [6, 6.07) is 0.284. The number of thioether (sulfide) groups is 2. The Hall–Kier alpha value is -0.210. The van der Waals surface area contributed by atoms with Gasteiger partial charge in [0.1, 0.15) is 0 Å². The van der Waals surface area contributed by atoms with Gasteiger partial charge in [0.2, 0.25) is 0 Å². The molecule has 7 heteroatoms. The van der Waals surface area contributed by atoms with Gasteiger partial charge in [-0.25, -0.2) is 4.98 Å². The largest absolute Gasteiger partial charge is 0.297 e. The van der Waals surface area contributed by atoms with Crippen LogP contribution in [0.25, 0.3) is 4.96 Å². The number of nitrogens with one attached hydrogen (secondary N) is 1. The summed E-state index contributed by atoms with van der Waals surface area (Å²) in [7, 11) is 0. The van der Waals surface area contributed by atoms with Crippen LogP contribution >= 0.6 is 34.9 Å². The van der Waals surface area contributed by atoms with Crippen molar-refractivity contribution in [1.82, 2.24) is 14.8 Å². The third-order valence-corrected chi connectivity index (χ3v) is 8.13. The number of hydrogen-bond acceptors (Lipinski definition) is 6. The van der Waals surface area contributed by atoms with Crippen molar-refractivity contribution in [3.05, 3.63) is 23.5 Å². The molecular formula is C13H20N4S3. The van der Waals surface area contributed by atoms with Crippen LogP contribution in [0.1, 0.15) is 19.5 Å². The second kappa shape index (κ2) is 6.27. The van der Waals surface area contributed by atoms with Crippen molar-refractivity contribution in [2.45, 2.75) is 42.1 Å². The highest BCUT2D eigenvalue weighted by atomic mass is 32.2. The maximum absolute atomic E-state index is 5.80. The molecule has 0 amide bonds. The van der Waals surface area contributed by atoms with Crippen molar-refractivity contribution in [3.63, 3.8) is 0 Å². The molecular weight excluding hydrogens is 308 g/mol. The lowest BCUT2D eigenvalue weighted by molar-refractivity contribution is 0.517. The number of fused-ring (bicyclic) bond motifs is 1. The number of rotatable bonds is 4. The van der Waals surface area contributed by atoms with Gasteiger partial charge in [0.15, 0.2) is 4.96 Å². The smallest absolute Gasteiger partial charge is 0.193 e. The van der Waals surface area contributed by atoms with E-state index >= 15 is 0 Å². The quantitative estimate of drug-likeness (QED) is 0.667. The van der Waals surface area contributed by atoms with Crippen LogP contribution in [0, 0.1) is 0 Å². The van der Waals surface area contributed by atoms with Gasteiger partial charge >= 0.3 is 0 Å². The molecule has 1 aliphatic heterocycles. The van der Waals surface area contributed by atoms with Gasteiger partial charge < -0.3 is 0 Å². The lowest BCUT2D eigenvalue weighted by Crippen LogP contribution is -2.47. The lowest BCUT2D eigenvalue weighted by atomic mass is 10.1. The highest BCUT2D eigenvalue weighted by Gasteiger charge is 2.31. The zero-order valence-corrected chi connectivity index (χ0v) is 14.1. The predicted octanol–water partition coefficient (Wildman–Crippen LogP) is 2.40. The summed E-state index contributed by atoms with van der Waals surface area (Å²) in [6.07, 6.45) is 5.06. The number of aromatic nitrogens is 2. The molecule has 0 bridgehead atoms. The molecule has 20 heavy (non-hydrogen) atoms. The van der Waals surface area contributed by atoms with Crippen LogP contribution in [0.2, 0.25) is 0 Å². The molecule has 1 fully saturated rings. The fourth-order valence-corrected chi connectivity index (χ4v) is 6.25. The Labute approximate surface area is 131 Å². The SMILES string of the molecule is CC1SCC(C(Cc2cn3ccsc3n2)NN)SC1C. The Morgan fingerprint density at radius 1 is 1.50 bits per heavy atom. The van der Waals surface area contributed by atoms with E-state index < -0.39 is 0 Å². The third kappa shape index (κ3) is 3.01. The zero-order chi connectivity index (χ0) is 14.1. The second-order valence-electron chi connectivity index (χ2n) is 5.22. The average Bonchev–Trinajstić information content (AvgIpc) is 3.00. The molecule has 3 N–H and O–H groups in total. The standard InChI is InChI=1S/C13H20N4S3/c1-8-9(2)20-12(7-19-8)11(16-14)5-10-6-17-3-4-18-13(17)15-10/h3-4,6,8-9,11-12,16H,5,7,14H2,1-2H3. The number of nitrogens with zero attached hydrogens (tertiary/aromatic N) is 2. The lowest BCUT2D eigenvalue weighted by Gasteiger charge is -2.35.